The maximum Gasteiger partial charge on any atom is 0.335 e. The van der Waals surface area contributed by atoms with Crippen molar-refractivity contribution < 1.29 is 23.5 Å². The van der Waals surface area contributed by atoms with Gasteiger partial charge < -0.3 is 13.9 Å². The van der Waals surface area contributed by atoms with Gasteiger partial charge in [0.05, 0.1) is 18.4 Å². The van der Waals surface area contributed by atoms with Crippen molar-refractivity contribution in [2.45, 2.75) is 38.9 Å². The molecule has 0 bridgehead atoms. The molecule has 130 valence electrons. The van der Waals surface area contributed by atoms with E-state index in [9.17, 15) is 9.59 Å². The van der Waals surface area contributed by atoms with Crippen molar-refractivity contribution in [1.29, 1.82) is 0 Å². The van der Waals surface area contributed by atoms with Gasteiger partial charge in [-0.1, -0.05) is 32.1 Å². The highest BCUT2D eigenvalue weighted by molar-refractivity contribution is 5.94. The Morgan fingerprint density at radius 1 is 1.20 bits per heavy atom. The normalized spacial score (nSPS) is 44.5. The number of allylic oxidation sites excluding steroid dienone is 3. The lowest BCUT2D eigenvalue weighted by Crippen LogP contribution is -2.58. The summed E-state index contributed by atoms with van der Waals surface area (Å²) in [4.78, 5) is 25.2. The Hall–Kier alpha value is -2.30. The lowest BCUT2D eigenvalue weighted by Gasteiger charge is -2.57. The second kappa shape index (κ2) is 4.65. The van der Waals surface area contributed by atoms with Crippen molar-refractivity contribution in [2.75, 3.05) is 0 Å². The van der Waals surface area contributed by atoms with E-state index in [1.54, 1.807) is 12.5 Å². The molecule has 25 heavy (non-hydrogen) atoms. The number of furan rings is 1. The molecule has 5 heteroatoms. The number of fused-ring (bicyclic) bond motifs is 2. The molecular weight excluding hydrogens is 320 g/mol. The van der Waals surface area contributed by atoms with Crippen molar-refractivity contribution in [3.05, 3.63) is 48.0 Å². The number of carbonyl (C=O) groups is 2. The van der Waals surface area contributed by atoms with Gasteiger partial charge in [0.15, 0.2) is 0 Å². The molecule has 5 rings (SSSR count). The average molecular weight is 340 g/mol. The molecule has 3 heterocycles. The summed E-state index contributed by atoms with van der Waals surface area (Å²) >= 11 is 0. The van der Waals surface area contributed by atoms with Crippen molar-refractivity contribution in [3.63, 3.8) is 0 Å². The fourth-order valence-electron chi connectivity index (χ4n) is 5.63. The van der Waals surface area contributed by atoms with Gasteiger partial charge in [-0.3, -0.25) is 4.79 Å². The second-order valence-electron chi connectivity index (χ2n) is 8.10. The summed E-state index contributed by atoms with van der Waals surface area (Å²) in [5.74, 6) is -0.663. The van der Waals surface area contributed by atoms with E-state index in [2.05, 4.69) is 19.9 Å². The third kappa shape index (κ3) is 1.73. The lowest BCUT2D eigenvalue weighted by atomic mass is 9.46. The van der Waals surface area contributed by atoms with Crippen LogP contribution in [-0.4, -0.2) is 18.0 Å². The summed E-state index contributed by atoms with van der Waals surface area (Å²) in [6.07, 6.45) is 9.85. The average Bonchev–Trinajstić information content (AvgIpc) is 3.17. The Balaban J connectivity index is 1.61. The van der Waals surface area contributed by atoms with Crippen LogP contribution in [0.1, 0.15) is 38.4 Å². The molecular formula is C20H20O5. The van der Waals surface area contributed by atoms with E-state index in [4.69, 9.17) is 13.9 Å². The van der Waals surface area contributed by atoms with Crippen LogP contribution < -0.4 is 0 Å². The molecule has 6 atom stereocenters. The van der Waals surface area contributed by atoms with Crippen LogP contribution in [-0.2, 0) is 19.1 Å². The number of hydrogen-bond acceptors (Lipinski definition) is 5. The Kier molecular flexibility index (Phi) is 2.79. The van der Waals surface area contributed by atoms with Crippen LogP contribution in [0.15, 0.2) is 46.8 Å². The Bertz CT molecular complexity index is 819. The number of ether oxygens (including phenoxy) is 2. The van der Waals surface area contributed by atoms with Crippen LogP contribution in [0.25, 0.3) is 0 Å². The molecule has 2 aliphatic heterocycles. The van der Waals surface area contributed by atoms with E-state index in [1.807, 2.05) is 18.2 Å². The van der Waals surface area contributed by atoms with E-state index in [-0.39, 0.29) is 46.8 Å². The zero-order valence-electron chi connectivity index (χ0n) is 14.2. The Morgan fingerprint density at radius 2 is 2.04 bits per heavy atom. The number of rotatable bonds is 1. The van der Waals surface area contributed by atoms with Gasteiger partial charge in [0, 0.05) is 16.6 Å². The summed E-state index contributed by atoms with van der Waals surface area (Å²) in [7, 11) is 0. The molecule has 5 nitrogen and oxygen atoms in total. The summed E-state index contributed by atoms with van der Waals surface area (Å²) in [5, 5.41) is 0. The summed E-state index contributed by atoms with van der Waals surface area (Å²) in [5.41, 5.74) is 0.945. The van der Waals surface area contributed by atoms with Crippen LogP contribution in [0, 0.1) is 22.7 Å². The maximum absolute atomic E-state index is 12.8. The molecule has 0 N–H and O–H groups in total. The molecule has 1 aromatic heterocycles. The van der Waals surface area contributed by atoms with Crippen molar-refractivity contribution >= 4 is 11.9 Å². The van der Waals surface area contributed by atoms with Gasteiger partial charge in [-0.15, -0.1) is 0 Å². The zero-order chi connectivity index (χ0) is 17.4. The summed E-state index contributed by atoms with van der Waals surface area (Å²) in [6, 6.07) is 1.85. The number of hydrogen-bond donors (Lipinski definition) is 0. The molecule has 0 radical (unpaired) electrons. The molecule has 2 saturated heterocycles. The molecule has 4 aliphatic rings. The van der Waals surface area contributed by atoms with Crippen LogP contribution in [0.2, 0.25) is 0 Å². The summed E-state index contributed by atoms with van der Waals surface area (Å²) in [6.45, 7) is 4.27. The first-order valence-corrected chi connectivity index (χ1v) is 8.77. The lowest BCUT2D eigenvalue weighted by molar-refractivity contribution is -0.195. The number of carbonyl (C=O) groups excluding carboxylic acids is 2. The third-order valence-electron chi connectivity index (χ3n) is 6.97. The predicted octanol–water partition coefficient (Wildman–Crippen LogP) is 3.34. The van der Waals surface area contributed by atoms with Crippen LogP contribution in [0.4, 0.5) is 0 Å². The summed E-state index contributed by atoms with van der Waals surface area (Å²) < 4.78 is 16.6. The molecule has 1 saturated carbocycles. The SMILES string of the molecule is CC12CC(c3ccoc3)OC(=O)C1CC1OC(=O)C3=CC=CC2C31C. The molecule has 1 aromatic rings. The largest absolute Gasteiger partial charge is 0.472 e. The highest BCUT2D eigenvalue weighted by Crippen LogP contribution is 2.66. The fourth-order valence-corrected chi connectivity index (χ4v) is 5.63. The molecule has 2 aliphatic carbocycles. The third-order valence-corrected chi connectivity index (χ3v) is 6.97. The first kappa shape index (κ1) is 15.0. The van der Waals surface area contributed by atoms with E-state index in [0.717, 1.165) is 11.1 Å². The first-order valence-electron chi connectivity index (χ1n) is 8.77. The van der Waals surface area contributed by atoms with E-state index in [0.29, 0.717) is 12.8 Å². The highest BCUT2D eigenvalue weighted by atomic mass is 16.6. The predicted molar refractivity (Wildman–Crippen MR) is 87.1 cm³/mol. The maximum atomic E-state index is 12.8. The van der Waals surface area contributed by atoms with Gasteiger partial charge in [-0.05, 0) is 30.2 Å². The Labute approximate surface area is 145 Å². The van der Waals surface area contributed by atoms with Gasteiger partial charge in [-0.2, -0.15) is 0 Å². The molecule has 3 fully saturated rings. The zero-order valence-corrected chi connectivity index (χ0v) is 14.2. The highest BCUT2D eigenvalue weighted by Gasteiger charge is 2.67. The van der Waals surface area contributed by atoms with Crippen molar-refractivity contribution in [2.24, 2.45) is 22.7 Å². The van der Waals surface area contributed by atoms with Gasteiger partial charge in [0.25, 0.3) is 0 Å². The first-order chi connectivity index (χ1) is 11.9. The minimum atomic E-state index is -0.379. The van der Waals surface area contributed by atoms with Gasteiger partial charge >= 0.3 is 11.9 Å². The minimum absolute atomic E-state index is 0.0532. The standard InChI is InChI=1S/C20H20O5/c1-19-9-14(11-6-7-23-10-11)24-18(22)13(19)8-16-20(2)12(17(21)25-16)4-3-5-15(19)20/h3-7,10,13-16H,8-9H2,1-2H3. The fraction of sp³-hybridized carbons (Fsp3) is 0.500. The molecule has 0 spiro atoms. The Morgan fingerprint density at radius 3 is 2.80 bits per heavy atom. The van der Waals surface area contributed by atoms with Gasteiger partial charge in [0.2, 0.25) is 0 Å². The minimum Gasteiger partial charge on any atom is -0.472 e. The second-order valence-corrected chi connectivity index (χ2v) is 8.10. The number of cyclic esters (lactones) is 1. The van der Waals surface area contributed by atoms with Crippen LogP contribution in [0.3, 0.4) is 0 Å². The van der Waals surface area contributed by atoms with Crippen LogP contribution >= 0.6 is 0 Å². The molecule has 0 aromatic carbocycles. The smallest absolute Gasteiger partial charge is 0.335 e. The van der Waals surface area contributed by atoms with Crippen molar-refractivity contribution in [3.8, 4) is 0 Å². The van der Waals surface area contributed by atoms with E-state index in [1.165, 1.54) is 0 Å². The quantitative estimate of drug-likeness (QED) is 0.734. The monoisotopic (exact) mass is 340 g/mol. The van der Waals surface area contributed by atoms with E-state index < -0.39 is 0 Å². The van der Waals surface area contributed by atoms with Crippen LogP contribution in [0.5, 0.6) is 0 Å². The van der Waals surface area contributed by atoms with Gasteiger partial charge in [-0.25, -0.2) is 4.79 Å². The number of esters is 2. The van der Waals surface area contributed by atoms with E-state index >= 15 is 0 Å². The van der Waals surface area contributed by atoms with Crippen molar-refractivity contribution in [1.82, 2.24) is 0 Å². The van der Waals surface area contributed by atoms with Gasteiger partial charge in [0.1, 0.15) is 12.2 Å². The topological polar surface area (TPSA) is 65.7 Å². The molecule has 0 amide bonds. The molecule has 6 unspecified atom stereocenters.